The molecule has 0 aromatic heterocycles. The van der Waals surface area contributed by atoms with Gasteiger partial charge in [-0.3, -0.25) is 29.0 Å². The Hall–Kier alpha value is -1.46. The number of carbonyl (C=O) groups is 4. The van der Waals surface area contributed by atoms with Crippen molar-refractivity contribution in [3.63, 3.8) is 0 Å². The number of aliphatic carboxylic acids is 4. The zero-order valence-corrected chi connectivity index (χ0v) is 13.0. The van der Waals surface area contributed by atoms with E-state index in [1.165, 1.54) is 0 Å². The van der Waals surface area contributed by atoms with Crippen molar-refractivity contribution in [3.05, 3.63) is 0 Å². The van der Waals surface area contributed by atoms with Gasteiger partial charge in [0.15, 0.2) is 0 Å². The standard InChI is InChI=1S/C10H16N2O8.Au/c13-7(14)3-11(4-8(15)16)1-2-12(5-9(17)18)6-10(19)20;/h1-6H2,(H,13,14)(H,15,16)(H,17,18)(H,19,20);. The Bertz CT molecular complexity index is 321. The molecule has 0 rings (SSSR count). The molecule has 10 nitrogen and oxygen atoms in total. The maximum atomic E-state index is 10.6. The topological polar surface area (TPSA) is 156 Å². The maximum absolute atomic E-state index is 10.6. The average molecular weight is 489 g/mol. The summed E-state index contributed by atoms with van der Waals surface area (Å²) in [6, 6.07) is 0. The predicted octanol–water partition coefficient (Wildman–Crippen LogP) is -2.07. The summed E-state index contributed by atoms with van der Waals surface area (Å²) in [4.78, 5) is 44.4. The van der Waals surface area contributed by atoms with Crippen LogP contribution in [0.15, 0.2) is 0 Å². The van der Waals surface area contributed by atoms with Crippen LogP contribution in [0.3, 0.4) is 0 Å². The fourth-order valence-electron chi connectivity index (χ4n) is 1.48. The Morgan fingerprint density at radius 3 is 0.905 bits per heavy atom. The minimum Gasteiger partial charge on any atom is -0.480 e. The van der Waals surface area contributed by atoms with Crippen molar-refractivity contribution in [2.45, 2.75) is 0 Å². The largest absolute Gasteiger partial charge is 0.480 e. The normalized spacial score (nSPS) is 10.2. The van der Waals surface area contributed by atoms with Gasteiger partial charge in [0, 0.05) is 35.5 Å². The monoisotopic (exact) mass is 489 g/mol. The number of hydrogen-bond donors (Lipinski definition) is 4. The van der Waals surface area contributed by atoms with E-state index in [0.717, 1.165) is 9.80 Å². The van der Waals surface area contributed by atoms with Gasteiger partial charge >= 0.3 is 23.9 Å². The first kappa shape index (κ1) is 21.8. The van der Waals surface area contributed by atoms with Crippen LogP contribution >= 0.6 is 0 Å². The Balaban J connectivity index is 0. The molecule has 0 saturated carbocycles. The summed E-state index contributed by atoms with van der Waals surface area (Å²) in [5.41, 5.74) is 0. The Morgan fingerprint density at radius 1 is 0.571 bits per heavy atom. The number of carboxylic acid groups (broad SMARTS) is 4. The van der Waals surface area contributed by atoms with Gasteiger partial charge < -0.3 is 20.4 Å². The van der Waals surface area contributed by atoms with Crippen LogP contribution in [0.4, 0.5) is 0 Å². The molecule has 0 amide bonds. The fraction of sp³-hybridized carbons (Fsp3) is 0.600. The number of rotatable bonds is 11. The second-order valence-electron chi connectivity index (χ2n) is 4.00. The Kier molecular flexibility index (Phi) is 11.7. The summed E-state index contributed by atoms with van der Waals surface area (Å²) in [5.74, 6) is -4.91. The molecule has 0 saturated heterocycles. The SMILES string of the molecule is O=C(O)CN(CCN(CC(=O)O)CC(=O)O)CC(=O)O.[Au]. The molecule has 0 aliphatic rings. The van der Waals surface area contributed by atoms with Gasteiger partial charge in [0.25, 0.3) is 0 Å². The minimum atomic E-state index is -1.23. The number of carboxylic acids is 4. The summed E-state index contributed by atoms with van der Waals surface area (Å²) in [6.45, 7) is -2.25. The molecule has 4 N–H and O–H groups in total. The van der Waals surface area contributed by atoms with E-state index in [1.54, 1.807) is 0 Å². The van der Waals surface area contributed by atoms with Crippen LogP contribution in [0, 0.1) is 0 Å². The van der Waals surface area contributed by atoms with Crippen molar-refractivity contribution in [2.75, 3.05) is 39.3 Å². The molecular weight excluding hydrogens is 473 g/mol. The van der Waals surface area contributed by atoms with Crippen LogP contribution in [0.2, 0.25) is 0 Å². The quantitative estimate of drug-likeness (QED) is 0.238. The smallest absolute Gasteiger partial charge is 0.317 e. The molecule has 0 aliphatic carbocycles. The zero-order chi connectivity index (χ0) is 15.7. The first-order valence-corrected chi connectivity index (χ1v) is 5.52. The van der Waals surface area contributed by atoms with Gasteiger partial charge in [0.1, 0.15) is 0 Å². The van der Waals surface area contributed by atoms with Crippen LogP contribution < -0.4 is 0 Å². The zero-order valence-electron chi connectivity index (χ0n) is 10.9. The maximum Gasteiger partial charge on any atom is 0.317 e. The second-order valence-corrected chi connectivity index (χ2v) is 4.00. The third-order valence-corrected chi connectivity index (χ3v) is 2.17. The summed E-state index contributed by atoms with van der Waals surface area (Å²) in [5, 5.41) is 34.5. The predicted molar refractivity (Wildman–Crippen MR) is 63.4 cm³/mol. The summed E-state index contributed by atoms with van der Waals surface area (Å²) < 4.78 is 0. The van der Waals surface area contributed by atoms with Gasteiger partial charge in [-0.1, -0.05) is 0 Å². The average Bonchev–Trinajstić information content (AvgIpc) is 2.22. The van der Waals surface area contributed by atoms with E-state index in [9.17, 15) is 19.2 Å². The van der Waals surface area contributed by atoms with Crippen LogP contribution in [0.5, 0.6) is 0 Å². The van der Waals surface area contributed by atoms with E-state index in [2.05, 4.69) is 0 Å². The fourth-order valence-corrected chi connectivity index (χ4v) is 1.48. The molecule has 0 spiro atoms. The van der Waals surface area contributed by atoms with E-state index in [1.807, 2.05) is 0 Å². The number of hydrogen-bond acceptors (Lipinski definition) is 6. The van der Waals surface area contributed by atoms with Crippen molar-refractivity contribution in [3.8, 4) is 0 Å². The van der Waals surface area contributed by atoms with Gasteiger partial charge in [0.2, 0.25) is 0 Å². The minimum absolute atomic E-state index is 0. The molecule has 0 unspecified atom stereocenters. The molecule has 0 fully saturated rings. The van der Waals surface area contributed by atoms with Gasteiger partial charge in [-0.2, -0.15) is 0 Å². The molecule has 0 aromatic rings. The molecule has 0 atom stereocenters. The molecular formula is C10H16AuN2O8. The number of nitrogens with zero attached hydrogens (tertiary/aromatic N) is 2. The third kappa shape index (κ3) is 13.3. The van der Waals surface area contributed by atoms with E-state index in [4.69, 9.17) is 20.4 Å². The van der Waals surface area contributed by atoms with Crippen LogP contribution in [0.1, 0.15) is 0 Å². The summed E-state index contributed by atoms with van der Waals surface area (Å²) >= 11 is 0. The van der Waals surface area contributed by atoms with E-state index < -0.39 is 50.1 Å². The van der Waals surface area contributed by atoms with E-state index in [-0.39, 0.29) is 35.5 Å². The van der Waals surface area contributed by atoms with Crippen molar-refractivity contribution in [1.82, 2.24) is 9.80 Å². The summed E-state index contributed by atoms with van der Waals surface area (Å²) in [6.07, 6.45) is 0. The third-order valence-electron chi connectivity index (χ3n) is 2.17. The van der Waals surface area contributed by atoms with Crippen LogP contribution in [-0.4, -0.2) is 93.4 Å². The van der Waals surface area contributed by atoms with Crippen LogP contribution in [0.25, 0.3) is 0 Å². The molecule has 0 aromatic carbocycles. The molecule has 0 heterocycles. The Morgan fingerprint density at radius 2 is 0.762 bits per heavy atom. The van der Waals surface area contributed by atoms with Crippen molar-refractivity contribution in [1.29, 1.82) is 0 Å². The first-order chi connectivity index (χ1) is 9.20. The molecule has 21 heavy (non-hydrogen) atoms. The van der Waals surface area contributed by atoms with E-state index >= 15 is 0 Å². The molecule has 0 bridgehead atoms. The molecule has 0 aliphatic heterocycles. The van der Waals surface area contributed by atoms with Gasteiger partial charge in [-0.25, -0.2) is 0 Å². The first-order valence-electron chi connectivity index (χ1n) is 5.52. The van der Waals surface area contributed by atoms with Crippen molar-refractivity contribution >= 4 is 23.9 Å². The van der Waals surface area contributed by atoms with E-state index in [0.29, 0.717) is 0 Å². The Labute approximate surface area is 135 Å². The molecule has 11 heteroatoms. The second kappa shape index (κ2) is 11.2. The van der Waals surface area contributed by atoms with Gasteiger partial charge in [-0.15, -0.1) is 0 Å². The summed E-state index contributed by atoms with van der Waals surface area (Å²) in [7, 11) is 0. The van der Waals surface area contributed by atoms with Crippen molar-refractivity contribution < 1.29 is 62.0 Å². The van der Waals surface area contributed by atoms with Crippen LogP contribution in [-0.2, 0) is 41.6 Å². The van der Waals surface area contributed by atoms with Gasteiger partial charge in [0.05, 0.1) is 26.2 Å². The van der Waals surface area contributed by atoms with Gasteiger partial charge in [-0.05, 0) is 0 Å². The molecule has 1 radical (unpaired) electrons. The molecule has 125 valence electrons. The van der Waals surface area contributed by atoms with Crippen molar-refractivity contribution in [2.24, 2.45) is 0 Å².